The largest absolute Gasteiger partial charge is 0.490 e. The number of rotatable bonds is 24. The summed E-state index contributed by atoms with van der Waals surface area (Å²) < 4.78 is 68.8. The van der Waals surface area contributed by atoms with Crippen molar-refractivity contribution in [2.45, 2.75) is 416 Å². The second-order valence-corrected chi connectivity index (χ2v) is 47.4. The summed E-state index contributed by atoms with van der Waals surface area (Å²) in [6.45, 7) is 9.32. The third kappa shape index (κ3) is 33.3. The van der Waals surface area contributed by atoms with E-state index in [9.17, 15) is 55.1 Å². The monoisotopic (exact) mass is 2180 g/mol. The van der Waals surface area contributed by atoms with Crippen molar-refractivity contribution >= 4 is 146 Å². The molecular formula is C98H137BrF6N24O11S5. The molecule has 10 saturated carbocycles. The summed E-state index contributed by atoms with van der Waals surface area (Å²) in [5.41, 5.74) is 5.36. The Labute approximate surface area is 871 Å². The standard InChI is InChI=1S/C22H34N4O3S.3C18H25N5OS.C17H26N4OS.2C2HF3O2.CBrN/c1-22(2,3)29-21(28)25-15-9-17(10-15)26-13-16(11-19(26)27)24-20-23-12-18(30-20)14-7-5-4-6-8-14;3*19-11-21-13-6-15(7-13)23-10-14(8-17(23)24)22-18-20-9-16(25-18)12-4-2-1-3-5-12;18-12-6-14(7-12)21-10-13(8-16(21)22)20-17-19-9-15(23-17)11-4-2-1-3-5-11;2*3-2(4,5)1(6)7;2-1-3/h12,14-17H,4-11,13H2,1-3H3,(H,23,24)(H,25,28);3*9,12-15,21H,1-8,10H2,(H,20,22);9,11-14H,1-8,10,18H2,(H,19,20);2*(H,6,7);/t;2*13?,14-,15?;;;;;/m.10...../s1. The first-order valence-corrected chi connectivity index (χ1v) is 56.2. The summed E-state index contributed by atoms with van der Waals surface area (Å²) in [6, 6.07) is 3.33. The molecule has 5 saturated heterocycles. The molecule has 10 aliphatic carbocycles. The van der Waals surface area contributed by atoms with Crippen molar-refractivity contribution in [2.75, 3.05) is 59.3 Å². The third-order valence-corrected chi connectivity index (χ3v) is 35.4. The maximum Gasteiger partial charge on any atom is 0.490 e. The van der Waals surface area contributed by atoms with E-state index in [1.807, 2.05) is 94.8 Å². The second kappa shape index (κ2) is 53.3. The SMILES string of the molecule is CC(C)(C)OC(=O)NC1CC(N2CC(Nc3ncc(C4CCCCC4)s3)CC2=O)C1.N#CBr.N#CNC1CC(N2CC(Nc3ncc(C4CCCCC4)s3)CC2=O)C1.N#CNC1CC(N2C[C@@H](Nc3ncc(C4CCCCC4)s3)CC2=O)C1.N#CNC1CC(N2C[C@H](Nc3ncc(C4CCCCC4)s3)CC2=O)C1.NC1CC(N2CC(Nc3ncc(C4CCCCC4)s3)CC2=O)C1.O=C(O)C(F)(F)F.O=C(O)C(F)(F)F. The number of likely N-dealkylation sites (tertiary alicyclic amines) is 5. The molecule has 794 valence electrons. The zero-order chi connectivity index (χ0) is 104. The van der Waals surface area contributed by atoms with E-state index in [4.69, 9.17) is 51.3 Å². The highest BCUT2D eigenvalue weighted by atomic mass is 79.9. The van der Waals surface area contributed by atoms with E-state index in [2.05, 4.69) is 88.7 Å². The van der Waals surface area contributed by atoms with Gasteiger partial charge in [0.05, 0.1) is 30.2 Å². The Morgan fingerprint density at radius 1 is 0.366 bits per heavy atom. The van der Waals surface area contributed by atoms with Crippen LogP contribution in [0.3, 0.4) is 0 Å². The minimum absolute atomic E-state index is 0.0849. The topological polar surface area (TPSA) is 496 Å². The van der Waals surface area contributed by atoms with Gasteiger partial charge in [0.15, 0.2) is 44.2 Å². The number of hydrogen-bond donors (Lipinski definition) is 12. The molecule has 0 radical (unpaired) electrons. The summed E-state index contributed by atoms with van der Waals surface area (Å²) in [5.74, 6) is -0.964. The van der Waals surface area contributed by atoms with Gasteiger partial charge in [0.25, 0.3) is 0 Å². The minimum atomic E-state index is -5.08. The van der Waals surface area contributed by atoms with E-state index in [-0.39, 0.29) is 102 Å². The van der Waals surface area contributed by atoms with Gasteiger partial charge < -0.3 is 93.0 Å². The number of carboxylic acid groups (broad SMARTS) is 2. The van der Waals surface area contributed by atoms with Gasteiger partial charge in [-0.05, 0) is 179 Å². The lowest BCUT2D eigenvalue weighted by Crippen LogP contribution is -2.55. The zero-order valence-electron chi connectivity index (χ0n) is 82.3. The van der Waals surface area contributed by atoms with Crippen molar-refractivity contribution in [1.29, 1.82) is 21.0 Å². The van der Waals surface area contributed by atoms with Crippen LogP contribution < -0.4 is 53.6 Å². The lowest BCUT2D eigenvalue weighted by atomic mass is 9.85. The second-order valence-electron chi connectivity index (χ2n) is 41.7. The van der Waals surface area contributed by atoms with Gasteiger partial charge in [-0.15, -0.1) is 56.7 Å². The van der Waals surface area contributed by atoms with Gasteiger partial charge in [0.2, 0.25) is 29.5 Å². The van der Waals surface area contributed by atoms with Crippen molar-refractivity contribution in [3.63, 3.8) is 0 Å². The molecule has 13 N–H and O–H groups in total. The molecule has 35 nitrogen and oxygen atoms in total. The van der Waals surface area contributed by atoms with Crippen LogP contribution in [0.4, 0.5) is 56.8 Å². The molecule has 3 unspecified atom stereocenters. The van der Waals surface area contributed by atoms with E-state index in [1.54, 1.807) is 61.7 Å². The third-order valence-electron chi connectivity index (χ3n) is 29.9. The molecule has 5 aromatic rings. The van der Waals surface area contributed by atoms with E-state index in [0.717, 1.165) is 116 Å². The molecule has 0 aromatic carbocycles. The number of aromatic nitrogens is 5. The molecule has 15 aliphatic rings. The Morgan fingerprint density at radius 2 is 0.559 bits per heavy atom. The minimum Gasteiger partial charge on any atom is -0.475 e. The van der Waals surface area contributed by atoms with Crippen molar-refractivity contribution in [1.82, 2.24) is 70.7 Å². The van der Waals surface area contributed by atoms with Gasteiger partial charge in [0, 0.05) is 197 Å². The number of thiazole rings is 5. The summed E-state index contributed by atoms with van der Waals surface area (Å²) in [5, 5.41) is 80.9. The van der Waals surface area contributed by atoms with E-state index < -0.39 is 29.9 Å². The number of nitrogens with one attached hydrogen (secondary N) is 9. The number of amides is 6. The molecule has 20 rings (SSSR count). The number of carbonyl (C=O) groups excluding carboxylic acids is 6. The number of anilines is 5. The highest BCUT2D eigenvalue weighted by molar-refractivity contribution is 9.12. The van der Waals surface area contributed by atoms with Gasteiger partial charge in [-0.3, -0.25) is 24.0 Å². The predicted octanol–water partition coefficient (Wildman–Crippen LogP) is 17.5. The highest BCUT2D eigenvalue weighted by Crippen LogP contribution is 2.45. The first-order valence-electron chi connectivity index (χ1n) is 51.3. The predicted molar refractivity (Wildman–Crippen MR) is 544 cm³/mol. The number of carboxylic acids is 2. The van der Waals surface area contributed by atoms with Crippen molar-refractivity contribution in [3.05, 3.63) is 55.4 Å². The van der Waals surface area contributed by atoms with Crippen molar-refractivity contribution < 1.29 is 79.6 Å². The number of alkyl carbamates (subject to hydrolysis) is 1. The molecule has 0 spiro atoms. The Bertz CT molecular complexity index is 4930. The maximum absolute atomic E-state index is 12.5. The normalized spacial score (nSPS) is 27.5. The number of nitrogens with zero attached hydrogens (tertiary/aromatic N) is 14. The number of carbonyl (C=O) groups is 8. The number of aliphatic carboxylic acids is 2. The van der Waals surface area contributed by atoms with E-state index in [0.29, 0.717) is 92.4 Å². The molecule has 10 heterocycles. The molecule has 5 aromatic heterocycles. The average molecular weight is 2180 g/mol. The lowest BCUT2D eigenvalue weighted by Gasteiger charge is -2.41. The fourth-order valence-corrected chi connectivity index (χ4v) is 27.2. The summed E-state index contributed by atoms with van der Waals surface area (Å²) in [7, 11) is 0. The lowest BCUT2D eigenvalue weighted by molar-refractivity contribution is -0.193. The molecule has 0 bridgehead atoms. The van der Waals surface area contributed by atoms with Gasteiger partial charge >= 0.3 is 30.4 Å². The quantitative estimate of drug-likeness (QED) is 0.0155. The van der Waals surface area contributed by atoms with Crippen molar-refractivity contribution in [3.8, 4) is 23.6 Å². The van der Waals surface area contributed by atoms with Gasteiger partial charge in [-0.2, -0.15) is 47.4 Å². The van der Waals surface area contributed by atoms with Crippen LogP contribution in [0.2, 0.25) is 0 Å². The molecule has 145 heavy (non-hydrogen) atoms. The van der Waals surface area contributed by atoms with E-state index in [1.165, 1.54) is 185 Å². The van der Waals surface area contributed by atoms with Crippen LogP contribution in [-0.4, -0.2) is 249 Å². The summed E-state index contributed by atoms with van der Waals surface area (Å²) in [6.07, 6.45) is 50.2. The highest BCUT2D eigenvalue weighted by Gasteiger charge is 2.48. The van der Waals surface area contributed by atoms with E-state index >= 15 is 0 Å². The fourth-order valence-electron chi connectivity index (χ4n) is 21.9. The van der Waals surface area contributed by atoms with Gasteiger partial charge in [0.1, 0.15) is 10.6 Å². The Balaban J connectivity index is 0.000000146. The van der Waals surface area contributed by atoms with Crippen LogP contribution in [0.5, 0.6) is 0 Å². The van der Waals surface area contributed by atoms with Crippen LogP contribution in [0, 0.1) is 44.6 Å². The molecule has 5 aliphatic heterocycles. The Morgan fingerprint density at radius 3 is 0.738 bits per heavy atom. The Hall–Kier alpha value is -9.91. The van der Waals surface area contributed by atoms with Gasteiger partial charge in [-0.1, -0.05) is 96.3 Å². The Kier molecular flexibility index (Phi) is 41.3. The molecule has 47 heteroatoms. The first-order chi connectivity index (χ1) is 69.4. The van der Waals surface area contributed by atoms with Crippen molar-refractivity contribution in [2.24, 2.45) is 5.73 Å². The maximum atomic E-state index is 12.5. The fraction of sp³-hybridized carbons (Fsp3) is 0.724. The first kappa shape index (κ1) is 112. The van der Waals surface area contributed by atoms with Crippen LogP contribution in [0.25, 0.3) is 0 Å². The molecular weight excluding hydrogens is 2040 g/mol. The van der Waals surface area contributed by atoms with Crippen LogP contribution in [0.1, 0.15) is 332 Å². The number of nitriles is 4. The van der Waals surface area contributed by atoms with Gasteiger partial charge in [-0.25, -0.2) is 39.3 Å². The smallest absolute Gasteiger partial charge is 0.475 e. The average Bonchev–Trinajstić information content (AvgIpc) is 1.67. The zero-order valence-corrected chi connectivity index (χ0v) is 88.0. The number of hydrogen-bond acceptors (Lipinski definition) is 32. The molecule has 15 fully saturated rings. The van der Waals surface area contributed by atoms with Crippen LogP contribution >= 0.6 is 72.6 Å². The number of alkyl halides is 6. The molecule has 6 amide bonds. The molecule has 5 atom stereocenters. The number of halogens is 7. The number of ether oxygens (including phenoxy) is 1. The van der Waals surface area contributed by atoms with Crippen LogP contribution in [-0.2, 0) is 38.3 Å². The van der Waals surface area contributed by atoms with Crippen LogP contribution in [0.15, 0.2) is 31.0 Å². The number of nitrogens with two attached hydrogens (primary N) is 1. The summed E-state index contributed by atoms with van der Waals surface area (Å²) >= 11 is 11.3. The summed E-state index contributed by atoms with van der Waals surface area (Å²) in [4.78, 5) is 133.